The number of anilines is 1. The number of nitrogens with zero attached hydrogens (tertiary/aromatic N) is 3. The van der Waals surface area contributed by atoms with E-state index in [0.717, 1.165) is 11.6 Å². The second kappa shape index (κ2) is 7.97. The smallest absolute Gasteiger partial charge is 0.417 e. The van der Waals surface area contributed by atoms with Gasteiger partial charge in [0.25, 0.3) is 5.91 Å². The molecule has 0 aliphatic rings. The molecule has 0 bridgehead atoms. The van der Waals surface area contributed by atoms with Crippen LogP contribution in [0.5, 0.6) is 5.88 Å². The maximum Gasteiger partial charge on any atom is 0.417 e. The Kier molecular flexibility index (Phi) is 5.74. The summed E-state index contributed by atoms with van der Waals surface area (Å²) >= 11 is 0. The summed E-state index contributed by atoms with van der Waals surface area (Å²) in [7, 11) is 1.50. The molecule has 3 rings (SSSR count). The van der Waals surface area contributed by atoms with Gasteiger partial charge in [0.15, 0.2) is 11.8 Å². The lowest BCUT2D eigenvalue weighted by atomic mass is 10.0. The predicted molar refractivity (Wildman–Crippen MR) is 107 cm³/mol. The average Bonchev–Trinajstić information content (AvgIpc) is 2.94. The lowest BCUT2D eigenvalue weighted by Gasteiger charge is -2.16. The zero-order valence-electron chi connectivity index (χ0n) is 17.3. The molecule has 30 heavy (non-hydrogen) atoms. The lowest BCUT2D eigenvalue weighted by molar-refractivity contribution is -0.136. The Balaban J connectivity index is 1.83. The standard InChI is InChI=1S/C21H23F3N4O2/c1-11(2)14-6-8-15(9-7-14)25-20(29)13(4)30-17-10-16(21(22,23)24)18-12(3)27-28(5)19(18)26-17/h6-11,13H,1-5H3,(H,25,29). The van der Waals surface area contributed by atoms with Gasteiger partial charge in [0.2, 0.25) is 5.88 Å². The predicted octanol–water partition coefficient (Wildman–Crippen LogP) is 4.82. The summed E-state index contributed by atoms with van der Waals surface area (Å²) < 4.78 is 47.4. The molecule has 3 aromatic rings. The van der Waals surface area contributed by atoms with Crippen molar-refractivity contribution in [1.82, 2.24) is 14.8 Å². The van der Waals surface area contributed by atoms with Crippen LogP contribution in [-0.2, 0) is 18.0 Å². The molecule has 2 heterocycles. The number of hydrogen-bond donors (Lipinski definition) is 1. The molecule has 6 nitrogen and oxygen atoms in total. The molecule has 160 valence electrons. The number of aryl methyl sites for hydroxylation is 2. The van der Waals surface area contributed by atoms with Gasteiger partial charge in [-0.1, -0.05) is 26.0 Å². The number of alkyl halides is 3. The fourth-order valence-electron chi connectivity index (χ4n) is 3.14. The molecular formula is C21H23F3N4O2. The van der Waals surface area contributed by atoms with Crippen LogP contribution in [0.25, 0.3) is 11.0 Å². The van der Waals surface area contributed by atoms with Crippen molar-refractivity contribution in [3.63, 3.8) is 0 Å². The first-order chi connectivity index (χ1) is 14.0. The second-order valence-electron chi connectivity index (χ2n) is 7.44. The molecule has 1 atom stereocenters. The Morgan fingerprint density at radius 3 is 2.37 bits per heavy atom. The van der Waals surface area contributed by atoms with Gasteiger partial charge in [-0.2, -0.15) is 23.3 Å². The highest BCUT2D eigenvalue weighted by Gasteiger charge is 2.36. The number of amides is 1. The van der Waals surface area contributed by atoms with Crippen LogP contribution in [-0.4, -0.2) is 26.8 Å². The normalized spacial score (nSPS) is 13.0. The van der Waals surface area contributed by atoms with Crippen molar-refractivity contribution in [2.45, 2.75) is 45.9 Å². The molecule has 0 spiro atoms. The molecule has 1 N–H and O–H groups in total. The molecule has 0 radical (unpaired) electrons. The largest absolute Gasteiger partial charge is 0.464 e. The van der Waals surface area contributed by atoms with Crippen LogP contribution < -0.4 is 10.1 Å². The van der Waals surface area contributed by atoms with Crippen molar-refractivity contribution in [2.24, 2.45) is 7.05 Å². The number of aromatic nitrogens is 3. The van der Waals surface area contributed by atoms with Gasteiger partial charge in [-0.3, -0.25) is 9.48 Å². The van der Waals surface area contributed by atoms with Crippen molar-refractivity contribution in [2.75, 3.05) is 5.32 Å². The van der Waals surface area contributed by atoms with E-state index in [0.29, 0.717) is 11.6 Å². The van der Waals surface area contributed by atoms with Crippen LogP contribution >= 0.6 is 0 Å². The van der Waals surface area contributed by atoms with Gasteiger partial charge in [0, 0.05) is 18.8 Å². The van der Waals surface area contributed by atoms with E-state index in [4.69, 9.17) is 4.74 Å². The zero-order valence-corrected chi connectivity index (χ0v) is 17.3. The minimum Gasteiger partial charge on any atom is -0.464 e. The van der Waals surface area contributed by atoms with E-state index in [1.54, 1.807) is 12.1 Å². The van der Waals surface area contributed by atoms with Crippen molar-refractivity contribution < 1.29 is 22.7 Å². The second-order valence-corrected chi connectivity index (χ2v) is 7.44. The summed E-state index contributed by atoms with van der Waals surface area (Å²) in [6.45, 7) is 7.06. The number of ether oxygens (including phenoxy) is 1. The van der Waals surface area contributed by atoms with Crippen molar-refractivity contribution >= 4 is 22.6 Å². The van der Waals surface area contributed by atoms with Gasteiger partial charge in [0.1, 0.15) is 0 Å². The highest BCUT2D eigenvalue weighted by molar-refractivity contribution is 5.94. The van der Waals surface area contributed by atoms with Crippen molar-refractivity contribution in [3.05, 3.63) is 47.2 Å². The minimum absolute atomic E-state index is 0.0363. The van der Waals surface area contributed by atoms with E-state index in [2.05, 4.69) is 29.2 Å². The third kappa shape index (κ3) is 4.39. The summed E-state index contributed by atoms with van der Waals surface area (Å²) in [4.78, 5) is 16.6. The summed E-state index contributed by atoms with van der Waals surface area (Å²) in [5.41, 5.74) is 1.05. The van der Waals surface area contributed by atoms with Gasteiger partial charge < -0.3 is 10.1 Å². The number of nitrogens with one attached hydrogen (secondary N) is 1. The third-order valence-electron chi connectivity index (χ3n) is 4.76. The third-order valence-corrected chi connectivity index (χ3v) is 4.76. The van der Waals surface area contributed by atoms with E-state index in [1.165, 1.54) is 25.6 Å². The highest BCUT2D eigenvalue weighted by atomic mass is 19.4. The molecule has 0 saturated heterocycles. The topological polar surface area (TPSA) is 69.0 Å². The summed E-state index contributed by atoms with van der Waals surface area (Å²) in [5, 5.41) is 6.62. The molecule has 2 aromatic heterocycles. The van der Waals surface area contributed by atoms with Crippen LogP contribution in [0, 0.1) is 6.92 Å². The first-order valence-electron chi connectivity index (χ1n) is 9.46. The van der Waals surface area contributed by atoms with Gasteiger partial charge in [-0.25, -0.2) is 0 Å². The van der Waals surface area contributed by atoms with E-state index < -0.39 is 23.8 Å². The van der Waals surface area contributed by atoms with Crippen LogP contribution in [0.1, 0.15) is 43.5 Å². The highest BCUT2D eigenvalue weighted by Crippen LogP contribution is 2.37. The molecule has 1 aromatic carbocycles. The first-order valence-corrected chi connectivity index (χ1v) is 9.46. The first kappa shape index (κ1) is 21.6. The van der Waals surface area contributed by atoms with Crippen LogP contribution in [0.4, 0.5) is 18.9 Å². The van der Waals surface area contributed by atoms with Gasteiger partial charge >= 0.3 is 6.18 Å². The molecule has 0 saturated carbocycles. The SMILES string of the molecule is Cc1nn(C)c2nc(OC(C)C(=O)Nc3ccc(C(C)C)cc3)cc(C(F)(F)F)c12. The maximum absolute atomic E-state index is 13.6. The fraction of sp³-hybridized carbons (Fsp3) is 0.381. The Bertz CT molecular complexity index is 1070. The van der Waals surface area contributed by atoms with E-state index in [-0.39, 0.29) is 22.6 Å². The van der Waals surface area contributed by atoms with Gasteiger partial charge in [-0.05, 0) is 37.5 Å². The molecule has 1 amide bonds. The van der Waals surface area contributed by atoms with E-state index in [9.17, 15) is 18.0 Å². The molecule has 9 heteroatoms. The fourth-order valence-corrected chi connectivity index (χ4v) is 3.14. The monoisotopic (exact) mass is 420 g/mol. The molecule has 0 fully saturated rings. The Labute approximate surface area is 172 Å². The van der Waals surface area contributed by atoms with E-state index in [1.807, 2.05) is 12.1 Å². The molecule has 0 aliphatic carbocycles. The summed E-state index contributed by atoms with van der Waals surface area (Å²) in [6.07, 6.45) is -5.67. The zero-order chi connectivity index (χ0) is 22.2. The summed E-state index contributed by atoms with van der Waals surface area (Å²) in [6, 6.07) is 8.15. The molecule has 0 aliphatic heterocycles. The van der Waals surface area contributed by atoms with Crippen LogP contribution in [0.2, 0.25) is 0 Å². The van der Waals surface area contributed by atoms with Gasteiger partial charge in [-0.15, -0.1) is 0 Å². The average molecular weight is 420 g/mol. The number of halogens is 3. The number of carbonyl (C=O) groups excluding carboxylic acids is 1. The number of rotatable bonds is 5. The Morgan fingerprint density at radius 1 is 1.17 bits per heavy atom. The minimum atomic E-state index is -4.61. The molecular weight excluding hydrogens is 397 g/mol. The number of pyridine rings is 1. The Hall–Kier alpha value is -3.10. The Morgan fingerprint density at radius 2 is 1.80 bits per heavy atom. The van der Waals surface area contributed by atoms with Crippen LogP contribution in [0.15, 0.2) is 30.3 Å². The van der Waals surface area contributed by atoms with Gasteiger partial charge in [0.05, 0.1) is 16.6 Å². The van der Waals surface area contributed by atoms with Crippen molar-refractivity contribution in [1.29, 1.82) is 0 Å². The van der Waals surface area contributed by atoms with Crippen LogP contribution in [0.3, 0.4) is 0 Å². The number of hydrogen-bond acceptors (Lipinski definition) is 4. The maximum atomic E-state index is 13.6. The van der Waals surface area contributed by atoms with Crippen molar-refractivity contribution in [3.8, 4) is 5.88 Å². The number of carbonyl (C=O) groups is 1. The lowest BCUT2D eigenvalue weighted by Crippen LogP contribution is -2.30. The number of fused-ring (bicyclic) bond motifs is 1. The quantitative estimate of drug-likeness (QED) is 0.642. The summed E-state index contributed by atoms with van der Waals surface area (Å²) in [5.74, 6) is -0.434. The molecule has 1 unspecified atom stereocenters. The number of benzene rings is 1. The van der Waals surface area contributed by atoms with E-state index >= 15 is 0 Å².